The van der Waals surface area contributed by atoms with Gasteiger partial charge in [0, 0.05) is 25.5 Å². The number of nitrogens with zero attached hydrogens (tertiary/aromatic N) is 2. The molecule has 0 amide bonds. The van der Waals surface area contributed by atoms with Crippen molar-refractivity contribution in [3.8, 4) is 10.4 Å². The highest BCUT2D eigenvalue weighted by Gasteiger charge is 2.16. The van der Waals surface area contributed by atoms with E-state index in [2.05, 4.69) is 35.1 Å². The Bertz CT molecular complexity index is 533. The molecule has 2 N–H and O–H groups in total. The van der Waals surface area contributed by atoms with Crippen molar-refractivity contribution in [2.45, 2.75) is 6.42 Å². The Labute approximate surface area is 98.5 Å². The summed E-state index contributed by atoms with van der Waals surface area (Å²) in [5.41, 5.74) is 9.65. The summed E-state index contributed by atoms with van der Waals surface area (Å²) in [7, 11) is 2.14. The Morgan fingerprint density at radius 2 is 2.31 bits per heavy atom. The van der Waals surface area contributed by atoms with Gasteiger partial charge in [0.1, 0.15) is 0 Å². The van der Waals surface area contributed by atoms with E-state index in [0.29, 0.717) is 5.13 Å². The maximum atomic E-state index is 5.65. The molecule has 2 heterocycles. The van der Waals surface area contributed by atoms with Gasteiger partial charge in [-0.15, -0.1) is 0 Å². The Balaban J connectivity index is 2.05. The number of hydrogen-bond acceptors (Lipinski definition) is 4. The standard InChI is InChI=1S/C12H13N3S/c1-15-5-4-8-6-9(2-3-10(8)15)11-7-14-12(13)16-11/h2-3,6-7H,4-5H2,1H3,(H2,13,14). The molecule has 1 aromatic heterocycles. The van der Waals surface area contributed by atoms with Gasteiger partial charge in [0.15, 0.2) is 5.13 Å². The van der Waals surface area contributed by atoms with Crippen molar-refractivity contribution in [2.24, 2.45) is 0 Å². The summed E-state index contributed by atoms with van der Waals surface area (Å²) in [6, 6.07) is 6.59. The van der Waals surface area contributed by atoms with E-state index in [-0.39, 0.29) is 0 Å². The molecule has 0 saturated heterocycles. The molecule has 0 bridgehead atoms. The summed E-state index contributed by atoms with van der Waals surface area (Å²) in [5, 5.41) is 0.632. The fourth-order valence-corrected chi connectivity index (χ4v) is 2.82. The predicted molar refractivity (Wildman–Crippen MR) is 68.9 cm³/mol. The normalized spacial score (nSPS) is 14.2. The number of fused-ring (bicyclic) bond motifs is 1. The molecule has 3 nitrogen and oxygen atoms in total. The van der Waals surface area contributed by atoms with Crippen LogP contribution in [0.15, 0.2) is 24.4 Å². The molecule has 1 aliphatic rings. The molecule has 0 atom stereocenters. The highest BCUT2D eigenvalue weighted by molar-refractivity contribution is 7.18. The van der Waals surface area contributed by atoms with E-state index < -0.39 is 0 Å². The maximum absolute atomic E-state index is 5.65. The summed E-state index contributed by atoms with van der Waals surface area (Å²) in [5.74, 6) is 0. The number of rotatable bonds is 1. The lowest BCUT2D eigenvalue weighted by Crippen LogP contribution is -2.12. The Kier molecular flexibility index (Phi) is 2.11. The van der Waals surface area contributed by atoms with Gasteiger partial charge in [0.05, 0.1) is 4.88 Å². The van der Waals surface area contributed by atoms with E-state index in [1.165, 1.54) is 16.8 Å². The van der Waals surface area contributed by atoms with Crippen molar-refractivity contribution < 1.29 is 0 Å². The first-order valence-electron chi connectivity index (χ1n) is 5.30. The van der Waals surface area contributed by atoms with E-state index in [0.717, 1.165) is 17.8 Å². The van der Waals surface area contributed by atoms with Crippen molar-refractivity contribution in [1.82, 2.24) is 4.98 Å². The van der Waals surface area contributed by atoms with Crippen LogP contribution in [-0.2, 0) is 6.42 Å². The average molecular weight is 231 g/mol. The molecule has 0 fully saturated rings. The summed E-state index contributed by atoms with van der Waals surface area (Å²) in [6.07, 6.45) is 2.98. The Morgan fingerprint density at radius 3 is 3.06 bits per heavy atom. The average Bonchev–Trinajstić information content (AvgIpc) is 2.86. The third-order valence-corrected chi connectivity index (χ3v) is 3.89. The zero-order valence-electron chi connectivity index (χ0n) is 9.10. The van der Waals surface area contributed by atoms with Gasteiger partial charge in [-0.05, 0) is 29.7 Å². The molecule has 0 spiro atoms. The summed E-state index contributed by atoms with van der Waals surface area (Å²) in [4.78, 5) is 7.53. The lowest BCUT2D eigenvalue weighted by Gasteiger charge is -2.11. The molecule has 16 heavy (non-hydrogen) atoms. The van der Waals surface area contributed by atoms with Gasteiger partial charge in [-0.2, -0.15) is 0 Å². The minimum Gasteiger partial charge on any atom is -0.375 e. The van der Waals surface area contributed by atoms with Crippen molar-refractivity contribution >= 4 is 22.2 Å². The van der Waals surface area contributed by atoms with Gasteiger partial charge in [0.25, 0.3) is 0 Å². The first-order chi connectivity index (χ1) is 7.74. The van der Waals surface area contributed by atoms with Crippen molar-refractivity contribution in [3.05, 3.63) is 30.0 Å². The lowest BCUT2D eigenvalue weighted by atomic mass is 10.1. The second-order valence-corrected chi connectivity index (χ2v) is 5.14. The topological polar surface area (TPSA) is 42.2 Å². The zero-order valence-corrected chi connectivity index (χ0v) is 9.92. The number of likely N-dealkylation sites (N-methyl/N-ethyl adjacent to an activating group) is 1. The highest BCUT2D eigenvalue weighted by Crippen LogP contribution is 2.33. The van der Waals surface area contributed by atoms with Crippen LogP contribution in [0.4, 0.5) is 10.8 Å². The smallest absolute Gasteiger partial charge is 0.180 e. The molecule has 1 aliphatic heterocycles. The van der Waals surface area contributed by atoms with Gasteiger partial charge < -0.3 is 10.6 Å². The van der Waals surface area contributed by atoms with Crippen LogP contribution in [0.25, 0.3) is 10.4 Å². The van der Waals surface area contributed by atoms with Gasteiger partial charge in [-0.3, -0.25) is 0 Å². The third kappa shape index (κ3) is 1.46. The van der Waals surface area contributed by atoms with E-state index in [1.807, 2.05) is 6.20 Å². The molecule has 82 valence electrons. The summed E-state index contributed by atoms with van der Waals surface area (Å²) < 4.78 is 0. The van der Waals surface area contributed by atoms with Crippen LogP contribution in [0.1, 0.15) is 5.56 Å². The summed E-state index contributed by atoms with van der Waals surface area (Å²) >= 11 is 1.54. The van der Waals surface area contributed by atoms with Crippen LogP contribution < -0.4 is 10.6 Å². The third-order valence-electron chi connectivity index (χ3n) is 3.02. The molecule has 0 unspecified atom stereocenters. The molecule has 2 aromatic rings. The van der Waals surface area contributed by atoms with Gasteiger partial charge in [0.2, 0.25) is 0 Å². The second kappa shape index (κ2) is 3.49. The van der Waals surface area contributed by atoms with E-state index in [1.54, 1.807) is 11.3 Å². The number of aromatic nitrogens is 1. The molecule has 0 radical (unpaired) electrons. The monoisotopic (exact) mass is 231 g/mol. The molecule has 1 aromatic carbocycles. The van der Waals surface area contributed by atoms with E-state index >= 15 is 0 Å². The number of hydrogen-bond donors (Lipinski definition) is 1. The molecule has 4 heteroatoms. The largest absolute Gasteiger partial charge is 0.375 e. The van der Waals surface area contributed by atoms with Gasteiger partial charge in [-0.25, -0.2) is 4.98 Å². The summed E-state index contributed by atoms with van der Waals surface area (Å²) in [6.45, 7) is 1.11. The SMILES string of the molecule is CN1CCc2cc(-c3cnc(N)s3)ccc21. The van der Waals surface area contributed by atoms with Crippen LogP contribution in [0.2, 0.25) is 0 Å². The van der Waals surface area contributed by atoms with E-state index in [9.17, 15) is 0 Å². The van der Waals surface area contributed by atoms with Crippen LogP contribution in [-0.4, -0.2) is 18.6 Å². The molecule has 0 saturated carbocycles. The second-order valence-electron chi connectivity index (χ2n) is 4.08. The quantitative estimate of drug-likeness (QED) is 0.819. The van der Waals surface area contributed by atoms with Crippen LogP contribution in [0.5, 0.6) is 0 Å². The molecular weight excluding hydrogens is 218 g/mol. The fourth-order valence-electron chi connectivity index (χ4n) is 2.14. The lowest BCUT2D eigenvalue weighted by molar-refractivity contribution is 0.956. The van der Waals surface area contributed by atoms with Crippen LogP contribution in [0, 0.1) is 0 Å². The number of nitrogens with two attached hydrogens (primary N) is 1. The fraction of sp³-hybridized carbons (Fsp3) is 0.250. The minimum absolute atomic E-state index is 0.632. The van der Waals surface area contributed by atoms with Crippen LogP contribution >= 0.6 is 11.3 Å². The van der Waals surface area contributed by atoms with Crippen molar-refractivity contribution in [3.63, 3.8) is 0 Å². The minimum atomic E-state index is 0.632. The number of benzene rings is 1. The van der Waals surface area contributed by atoms with Crippen molar-refractivity contribution in [1.29, 1.82) is 0 Å². The van der Waals surface area contributed by atoms with Crippen LogP contribution in [0.3, 0.4) is 0 Å². The van der Waals surface area contributed by atoms with Crippen molar-refractivity contribution in [2.75, 3.05) is 24.2 Å². The molecule has 0 aliphatic carbocycles. The van der Waals surface area contributed by atoms with E-state index in [4.69, 9.17) is 5.73 Å². The first kappa shape index (κ1) is 9.66. The molecular formula is C12H13N3S. The predicted octanol–water partition coefficient (Wildman–Crippen LogP) is 2.38. The zero-order chi connectivity index (χ0) is 11.1. The number of thiazole rings is 1. The number of nitrogen functional groups attached to an aromatic ring is 1. The Morgan fingerprint density at radius 1 is 1.44 bits per heavy atom. The first-order valence-corrected chi connectivity index (χ1v) is 6.11. The highest BCUT2D eigenvalue weighted by atomic mass is 32.1. The van der Waals surface area contributed by atoms with Gasteiger partial charge >= 0.3 is 0 Å². The van der Waals surface area contributed by atoms with Gasteiger partial charge in [-0.1, -0.05) is 17.4 Å². The number of anilines is 2. The maximum Gasteiger partial charge on any atom is 0.180 e. The molecule has 3 rings (SSSR count). The Hall–Kier alpha value is -1.55.